The molecule has 4 rings (SSSR count). The summed E-state index contributed by atoms with van der Waals surface area (Å²) in [5, 5.41) is 8.31. The van der Waals surface area contributed by atoms with Crippen LogP contribution >= 0.6 is 11.3 Å². The highest BCUT2D eigenvalue weighted by atomic mass is 32.2. The predicted molar refractivity (Wildman–Crippen MR) is 112 cm³/mol. The Morgan fingerprint density at radius 1 is 1.35 bits per heavy atom. The summed E-state index contributed by atoms with van der Waals surface area (Å²) in [7, 11) is -3.74. The van der Waals surface area contributed by atoms with Gasteiger partial charge in [0.2, 0.25) is 17.6 Å². The number of piperidine rings is 1. The molecule has 0 radical (unpaired) electrons. The second-order valence-electron chi connectivity index (χ2n) is 7.34. The standard InChI is InChI=1S/C20H21FN4O4S2/c1-13-23-19(24-29-13)16-9-18(30-12-16)31(27,28)25-8-2-3-15(11-25)20(26)22-10-14-4-6-17(21)7-5-14/h4-7,9,12,15H,2-3,8,10-11H2,1H3,(H,22,26)/t15-/m0/s1. The zero-order valence-corrected chi connectivity index (χ0v) is 18.4. The number of aryl methyl sites for hydroxylation is 1. The molecule has 3 aromatic rings. The van der Waals surface area contributed by atoms with Crippen molar-refractivity contribution in [3.05, 3.63) is 53.0 Å². The Hall–Kier alpha value is -2.63. The first kappa shape index (κ1) is 21.6. The number of carbonyl (C=O) groups is 1. The van der Waals surface area contributed by atoms with Gasteiger partial charge in [0.15, 0.2) is 0 Å². The van der Waals surface area contributed by atoms with Crippen molar-refractivity contribution in [3.8, 4) is 11.4 Å². The van der Waals surface area contributed by atoms with Crippen LogP contribution in [0.2, 0.25) is 0 Å². The molecule has 1 aromatic carbocycles. The Balaban J connectivity index is 1.41. The highest BCUT2D eigenvalue weighted by Crippen LogP contribution is 2.31. The summed E-state index contributed by atoms with van der Waals surface area (Å²) in [6, 6.07) is 7.41. The number of aromatic nitrogens is 2. The molecule has 1 atom stereocenters. The Morgan fingerprint density at radius 2 is 2.13 bits per heavy atom. The van der Waals surface area contributed by atoms with Gasteiger partial charge in [-0.15, -0.1) is 11.3 Å². The van der Waals surface area contributed by atoms with E-state index in [9.17, 15) is 17.6 Å². The molecular weight excluding hydrogens is 443 g/mol. The fourth-order valence-electron chi connectivity index (χ4n) is 3.42. The number of nitrogens with zero attached hydrogens (tertiary/aromatic N) is 3. The lowest BCUT2D eigenvalue weighted by atomic mass is 9.99. The van der Waals surface area contributed by atoms with Crippen molar-refractivity contribution < 1.29 is 22.1 Å². The summed E-state index contributed by atoms with van der Waals surface area (Å²) >= 11 is 1.09. The lowest BCUT2D eigenvalue weighted by Crippen LogP contribution is -2.45. The van der Waals surface area contributed by atoms with E-state index in [1.54, 1.807) is 24.4 Å². The van der Waals surface area contributed by atoms with Gasteiger partial charge in [-0.2, -0.15) is 9.29 Å². The molecule has 164 valence electrons. The molecule has 1 aliphatic heterocycles. The minimum absolute atomic E-state index is 0.117. The van der Waals surface area contributed by atoms with Crippen molar-refractivity contribution in [2.75, 3.05) is 13.1 Å². The number of hydrogen-bond acceptors (Lipinski definition) is 7. The van der Waals surface area contributed by atoms with Crippen LogP contribution in [0.15, 0.2) is 44.4 Å². The van der Waals surface area contributed by atoms with Crippen LogP contribution in [0.25, 0.3) is 11.4 Å². The third kappa shape index (κ3) is 4.83. The second kappa shape index (κ2) is 8.85. The SMILES string of the molecule is Cc1nc(-c2csc(S(=O)(=O)N3CCC[C@H](C(=O)NCc4ccc(F)cc4)C3)c2)no1. The third-order valence-electron chi connectivity index (χ3n) is 5.09. The Kier molecular flexibility index (Phi) is 6.17. The van der Waals surface area contributed by atoms with Crippen molar-refractivity contribution in [3.63, 3.8) is 0 Å². The average molecular weight is 465 g/mol. The number of hydrogen-bond donors (Lipinski definition) is 1. The molecule has 3 heterocycles. The summed E-state index contributed by atoms with van der Waals surface area (Å²) in [6.45, 7) is 2.40. The Labute approximate surface area is 183 Å². The summed E-state index contributed by atoms with van der Waals surface area (Å²) < 4.78 is 45.7. The van der Waals surface area contributed by atoms with Crippen molar-refractivity contribution >= 4 is 27.3 Å². The summed E-state index contributed by atoms with van der Waals surface area (Å²) in [6.07, 6.45) is 1.20. The van der Waals surface area contributed by atoms with Gasteiger partial charge in [-0.3, -0.25) is 4.79 Å². The monoisotopic (exact) mass is 464 g/mol. The van der Waals surface area contributed by atoms with Crippen LogP contribution in [0.4, 0.5) is 4.39 Å². The van der Waals surface area contributed by atoms with Crippen LogP contribution in [-0.4, -0.2) is 41.9 Å². The summed E-state index contributed by atoms with van der Waals surface area (Å²) in [5.41, 5.74) is 1.35. The van der Waals surface area contributed by atoms with Crippen LogP contribution in [-0.2, 0) is 21.4 Å². The highest BCUT2D eigenvalue weighted by molar-refractivity contribution is 7.91. The minimum Gasteiger partial charge on any atom is -0.352 e. The number of thiophene rings is 1. The molecule has 1 fully saturated rings. The van der Waals surface area contributed by atoms with E-state index in [1.165, 1.54) is 22.5 Å². The van der Waals surface area contributed by atoms with E-state index in [0.717, 1.165) is 16.9 Å². The first-order chi connectivity index (χ1) is 14.8. The molecule has 0 spiro atoms. The predicted octanol–water partition coefficient (Wildman–Crippen LogP) is 2.96. The first-order valence-electron chi connectivity index (χ1n) is 9.74. The number of rotatable bonds is 6. The molecule has 0 bridgehead atoms. The Morgan fingerprint density at radius 3 is 2.84 bits per heavy atom. The molecule has 8 nitrogen and oxygen atoms in total. The fraction of sp³-hybridized carbons (Fsp3) is 0.350. The number of nitrogens with one attached hydrogen (secondary N) is 1. The quantitative estimate of drug-likeness (QED) is 0.601. The van der Waals surface area contributed by atoms with Crippen LogP contribution in [0.5, 0.6) is 0 Å². The number of amides is 1. The minimum atomic E-state index is -3.74. The average Bonchev–Trinajstić information content (AvgIpc) is 3.43. The van der Waals surface area contributed by atoms with Gasteiger partial charge >= 0.3 is 0 Å². The molecular formula is C20H21FN4O4S2. The van der Waals surface area contributed by atoms with E-state index in [-0.39, 0.29) is 29.0 Å². The van der Waals surface area contributed by atoms with Gasteiger partial charge in [-0.25, -0.2) is 12.8 Å². The van der Waals surface area contributed by atoms with Crippen molar-refractivity contribution in [2.45, 2.75) is 30.5 Å². The largest absolute Gasteiger partial charge is 0.352 e. The molecule has 31 heavy (non-hydrogen) atoms. The van der Waals surface area contributed by atoms with Crippen molar-refractivity contribution in [1.29, 1.82) is 0 Å². The van der Waals surface area contributed by atoms with Gasteiger partial charge in [0, 0.05) is 37.5 Å². The second-order valence-corrected chi connectivity index (χ2v) is 10.4. The van der Waals surface area contributed by atoms with Crippen molar-refractivity contribution in [1.82, 2.24) is 19.8 Å². The van der Waals surface area contributed by atoms with Gasteiger partial charge in [-0.05, 0) is 36.6 Å². The number of benzene rings is 1. The van der Waals surface area contributed by atoms with E-state index in [0.29, 0.717) is 36.7 Å². The molecule has 2 aromatic heterocycles. The molecule has 0 aliphatic carbocycles. The number of sulfonamides is 1. The van der Waals surface area contributed by atoms with Gasteiger partial charge in [0.1, 0.15) is 10.0 Å². The van der Waals surface area contributed by atoms with E-state index >= 15 is 0 Å². The van der Waals surface area contributed by atoms with Gasteiger partial charge < -0.3 is 9.84 Å². The number of halogens is 1. The van der Waals surface area contributed by atoms with E-state index in [2.05, 4.69) is 15.5 Å². The topological polar surface area (TPSA) is 105 Å². The highest BCUT2D eigenvalue weighted by Gasteiger charge is 2.34. The summed E-state index contributed by atoms with van der Waals surface area (Å²) in [4.78, 5) is 16.7. The molecule has 11 heteroatoms. The van der Waals surface area contributed by atoms with Crippen LogP contribution in [0.3, 0.4) is 0 Å². The smallest absolute Gasteiger partial charge is 0.252 e. The maximum atomic E-state index is 13.1. The lowest BCUT2D eigenvalue weighted by Gasteiger charge is -2.30. The molecule has 1 saturated heterocycles. The maximum Gasteiger partial charge on any atom is 0.252 e. The zero-order valence-electron chi connectivity index (χ0n) is 16.7. The molecule has 1 aliphatic rings. The first-order valence-corrected chi connectivity index (χ1v) is 12.1. The van der Waals surface area contributed by atoms with E-state index in [4.69, 9.17) is 4.52 Å². The molecule has 1 amide bonds. The molecule has 0 saturated carbocycles. The Bertz CT molecular complexity index is 1170. The molecule has 0 unspecified atom stereocenters. The molecule has 1 N–H and O–H groups in total. The van der Waals surface area contributed by atoms with Crippen molar-refractivity contribution in [2.24, 2.45) is 5.92 Å². The van der Waals surface area contributed by atoms with Gasteiger partial charge in [0.05, 0.1) is 5.92 Å². The summed E-state index contributed by atoms with van der Waals surface area (Å²) in [5.74, 6) is -0.251. The normalized spacial score (nSPS) is 17.5. The number of carbonyl (C=O) groups excluding carboxylic acids is 1. The maximum absolute atomic E-state index is 13.1. The lowest BCUT2D eigenvalue weighted by molar-refractivity contribution is -0.126. The van der Waals surface area contributed by atoms with E-state index < -0.39 is 15.9 Å². The van der Waals surface area contributed by atoms with Gasteiger partial charge in [0.25, 0.3) is 10.0 Å². The fourth-order valence-corrected chi connectivity index (χ4v) is 6.26. The van der Waals surface area contributed by atoms with E-state index in [1.807, 2.05) is 0 Å². The van der Waals surface area contributed by atoms with Crippen LogP contribution in [0, 0.1) is 18.7 Å². The van der Waals surface area contributed by atoms with Gasteiger partial charge in [-0.1, -0.05) is 17.3 Å². The third-order valence-corrected chi connectivity index (χ3v) is 8.37. The zero-order chi connectivity index (χ0) is 22.0. The van der Waals surface area contributed by atoms with Crippen LogP contribution in [0.1, 0.15) is 24.3 Å². The van der Waals surface area contributed by atoms with Crippen LogP contribution < -0.4 is 5.32 Å².